The molecule has 0 spiro atoms. The maximum atomic E-state index is 12.3. The normalized spacial score (nSPS) is 19.2. The van der Waals surface area contributed by atoms with Crippen LogP contribution in [-0.4, -0.2) is 16.5 Å². The number of rotatable bonds is 3. The van der Waals surface area contributed by atoms with Gasteiger partial charge in [0, 0.05) is 6.42 Å². The van der Waals surface area contributed by atoms with E-state index in [1.165, 1.54) is 5.56 Å². The largest absolute Gasteiger partial charge is 0.382 e. The summed E-state index contributed by atoms with van der Waals surface area (Å²) in [4.78, 5) is 12.3. The monoisotopic (exact) mass is 246 g/mol. The molecule has 1 saturated carbocycles. The standard InChI is InChI=1S/C16H22O2/c1-13-6-8-14(9-7-13)12-15(17)16(18)10-4-2-3-5-11-16/h6-9,18H,2-5,10-12H2,1H3. The molecule has 2 nitrogen and oxygen atoms in total. The molecule has 2 heteroatoms. The van der Waals surface area contributed by atoms with Gasteiger partial charge in [-0.2, -0.15) is 0 Å². The number of aryl methyl sites for hydroxylation is 1. The first-order valence-electron chi connectivity index (χ1n) is 6.91. The number of ketones is 1. The minimum atomic E-state index is -1.07. The molecule has 1 aromatic rings. The van der Waals surface area contributed by atoms with Crippen molar-refractivity contribution in [2.45, 2.75) is 57.5 Å². The molecule has 0 atom stereocenters. The van der Waals surface area contributed by atoms with Gasteiger partial charge in [0.2, 0.25) is 0 Å². The first-order chi connectivity index (χ1) is 8.60. The molecule has 1 fully saturated rings. The van der Waals surface area contributed by atoms with Crippen molar-refractivity contribution in [2.75, 3.05) is 0 Å². The van der Waals surface area contributed by atoms with E-state index in [9.17, 15) is 9.90 Å². The first-order valence-corrected chi connectivity index (χ1v) is 6.91. The molecular formula is C16H22O2. The van der Waals surface area contributed by atoms with Crippen LogP contribution in [0, 0.1) is 6.92 Å². The number of hydrogen-bond donors (Lipinski definition) is 1. The van der Waals surface area contributed by atoms with Gasteiger partial charge in [0.05, 0.1) is 0 Å². The number of hydrogen-bond acceptors (Lipinski definition) is 2. The summed E-state index contributed by atoms with van der Waals surface area (Å²) >= 11 is 0. The van der Waals surface area contributed by atoms with Crippen molar-refractivity contribution in [2.24, 2.45) is 0 Å². The molecule has 0 amide bonds. The number of benzene rings is 1. The average Bonchev–Trinajstić information content (AvgIpc) is 2.58. The van der Waals surface area contributed by atoms with Gasteiger partial charge in [-0.1, -0.05) is 55.5 Å². The van der Waals surface area contributed by atoms with Crippen LogP contribution in [0.3, 0.4) is 0 Å². The minimum Gasteiger partial charge on any atom is -0.382 e. The quantitative estimate of drug-likeness (QED) is 0.832. The Hall–Kier alpha value is -1.15. The Morgan fingerprint density at radius 2 is 1.67 bits per heavy atom. The van der Waals surface area contributed by atoms with E-state index < -0.39 is 5.60 Å². The SMILES string of the molecule is Cc1ccc(CC(=O)C2(O)CCCCCC2)cc1. The third kappa shape index (κ3) is 3.20. The zero-order chi connectivity index (χ0) is 13.0. The van der Waals surface area contributed by atoms with E-state index in [4.69, 9.17) is 0 Å². The number of aliphatic hydroxyl groups is 1. The van der Waals surface area contributed by atoms with Gasteiger partial charge in [-0.3, -0.25) is 4.79 Å². The Labute approximate surface area is 109 Å². The van der Waals surface area contributed by atoms with Crippen LogP contribution in [0.15, 0.2) is 24.3 Å². The van der Waals surface area contributed by atoms with Crippen molar-refractivity contribution >= 4 is 5.78 Å². The van der Waals surface area contributed by atoms with Gasteiger partial charge in [0.1, 0.15) is 5.60 Å². The highest BCUT2D eigenvalue weighted by Gasteiger charge is 2.35. The van der Waals surface area contributed by atoms with E-state index in [1.54, 1.807) is 0 Å². The summed E-state index contributed by atoms with van der Waals surface area (Å²) in [6, 6.07) is 7.99. The van der Waals surface area contributed by atoms with E-state index in [1.807, 2.05) is 31.2 Å². The lowest BCUT2D eigenvalue weighted by Crippen LogP contribution is -2.39. The highest BCUT2D eigenvalue weighted by atomic mass is 16.3. The van der Waals surface area contributed by atoms with Gasteiger partial charge < -0.3 is 5.11 Å². The Morgan fingerprint density at radius 1 is 1.11 bits per heavy atom. The summed E-state index contributed by atoms with van der Waals surface area (Å²) in [5.41, 5.74) is 1.13. The van der Waals surface area contributed by atoms with E-state index in [0.717, 1.165) is 31.2 Å². The smallest absolute Gasteiger partial charge is 0.168 e. The van der Waals surface area contributed by atoms with Crippen LogP contribution in [-0.2, 0) is 11.2 Å². The Bertz CT molecular complexity index is 398. The van der Waals surface area contributed by atoms with Gasteiger partial charge in [-0.05, 0) is 25.3 Å². The highest BCUT2D eigenvalue weighted by molar-refractivity contribution is 5.88. The lowest BCUT2D eigenvalue weighted by atomic mass is 9.86. The number of carbonyl (C=O) groups is 1. The van der Waals surface area contributed by atoms with Crippen LogP contribution < -0.4 is 0 Å². The second-order valence-electron chi connectivity index (χ2n) is 5.53. The molecule has 2 rings (SSSR count). The third-order valence-corrected chi connectivity index (χ3v) is 3.94. The summed E-state index contributed by atoms with van der Waals surface area (Å²) in [7, 11) is 0. The van der Waals surface area contributed by atoms with E-state index in [2.05, 4.69) is 0 Å². The summed E-state index contributed by atoms with van der Waals surface area (Å²) in [6.07, 6.45) is 5.85. The zero-order valence-electron chi connectivity index (χ0n) is 11.1. The predicted octanol–water partition coefficient (Wildman–Crippen LogP) is 3.19. The molecule has 0 unspecified atom stereocenters. The molecule has 0 heterocycles. The van der Waals surface area contributed by atoms with E-state index in [0.29, 0.717) is 19.3 Å². The topological polar surface area (TPSA) is 37.3 Å². The first kappa shape index (κ1) is 13.3. The van der Waals surface area contributed by atoms with Crippen LogP contribution in [0.2, 0.25) is 0 Å². The van der Waals surface area contributed by atoms with Crippen molar-refractivity contribution in [1.82, 2.24) is 0 Å². The maximum Gasteiger partial charge on any atom is 0.168 e. The molecule has 1 N–H and O–H groups in total. The zero-order valence-corrected chi connectivity index (χ0v) is 11.1. The maximum absolute atomic E-state index is 12.3. The molecule has 18 heavy (non-hydrogen) atoms. The van der Waals surface area contributed by atoms with E-state index >= 15 is 0 Å². The fraction of sp³-hybridized carbons (Fsp3) is 0.562. The van der Waals surface area contributed by atoms with Crippen molar-refractivity contribution in [1.29, 1.82) is 0 Å². The molecule has 1 aromatic carbocycles. The van der Waals surface area contributed by atoms with Crippen molar-refractivity contribution in [3.8, 4) is 0 Å². The van der Waals surface area contributed by atoms with Crippen LogP contribution >= 0.6 is 0 Å². The summed E-state index contributed by atoms with van der Waals surface area (Å²) < 4.78 is 0. The summed E-state index contributed by atoms with van der Waals surface area (Å²) in [5, 5.41) is 10.5. The van der Waals surface area contributed by atoms with Crippen molar-refractivity contribution in [3.63, 3.8) is 0 Å². The van der Waals surface area contributed by atoms with Gasteiger partial charge in [-0.25, -0.2) is 0 Å². The van der Waals surface area contributed by atoms with Crippen LogP contribution in [0.1, 0.15) is 49.7 Å². The highest BCUT2D eigenvalue weighted by Crippen LogP contribution is 2.28. The van der Waals surface area contributed by atoms with Crippen LogP contribution in [0.4, 0.5) is 0 Å². The molecule has 0 radical (unpaired) electrons. The Balaban J connectivity index is 2.03. The van der Waals surface area contributed by atoms with Gasteiger partial charge in [0.15, 0.2) is 5.78 Å². The molecule has 1 aliphatic carbocycles. The average molecular weight is 246 g/mol. The van der Waals surface area contributed by atoms with Gasteiger partial charge in [-0.15, -0.1) is 0 Å². The van der Waals surface area contributed by atoms with Crippen LogP contribution in [0.25, 0.3) is 0 Å². The molecule has 0 aliphatic heterocycles. The molecule has 0 bridgehead atoms. The molecule has 0 aromatic heterocycles. The minimum absolute atomic E-state index is 0.00625. The van der Waals surface area contributed by atoms with Crippen LogP contribution in [0.5, 0.6) is 0 Å². The predicted molar refractivity (Wildman–Crippen MR) is 72.5 cm³/mol. The second kappa shape index (κ2) is 5.66. The second-order valence-corrected chi connectivity index (χ2v) is 5.53. The molecular weight excluding hydrogens is 224 g/mol. The lowest BCUT2D eigenvalue weighted by molar-refractivity contribution is -0.138. The Morgan fingerprint density at radius 3 is 2.22 bits per heavy atom. The fourth-order valence-corrected chi connectivity index (χ4v) is 2.65. The van der Waals surface area contributed by atoms with Crippen molar-refractivity contribution < 1.29 is 9.90 Å². The van der Waals surface area contributed by atoms with Gasteiger partial charge >= 0.3 is 0 Å². The third-order valence-electron chi connectivity index (χ3n) is 3.94. The summed E-state index contributed by atoms with van der Waals surface area (Å²) in [6.45, 7) is 2.03. The molecule has 98 valence electrons. The van der Waals surface area contributed by atoms with Gasteiger partial charge in [0.25, 0.3) is 0 Å². The number of Topliss-reactive ketones (excluding diaryl/α,β-unsaturated/α-hetero) is 1. The molecule has 0 saturated heterocycles. The van der Waals surface area contributed by atoms with E-state index in [-0.39, 0.29) is 5.78 Å². The fourth-order valence-electron chi connectivity index (χ4n) is 2.65. The van der Waals surface area contributed by atoms with Crippen molar-refractivity contribution in [3.05, 3.63) is 35.4 Å². The Kier molecular flexibility index (Phi) is 4.18. The molecule has 1 aliphatic rings. The lowest BCUT2D eigenvalue weighted by Gasteiger charge is -2.24. The summed E-state index contributed by atoms with van der Waals surface area (Å²) in [5.74, 6) is -0.00625. The number of carbonyl (C=O) groups excluding carboxylic acids is 1.